The largest absolute Gasteiger partial charge is 0.388 e. The highest BCUT2D eigenvalue weighted by Crippen LogP contribution is 2.19. The lowest BCUT2D eigenvalue weighted by Gasteiger charge is -2.32. The van der Waals surface area contributed by atoms with Crippen LogP contribution in [0.5, 0.6) is 0 Å². The molecule has 0 aliphatic carbocycles. The standard InChI is InChI=1S/C23H30N2O2S/c1-18-7-5-6-10-20(18)15-25-13-11-21(12-14-25)24-23(27)17-28-16-22(26)19-8-3-2-4-9-19/h2-10,21-22,26H,11-17H2,1H3,(H,24,27). The van der Waals surface area contributed by atoms with Gasteiger partial charge in [-0.15, -0.1) is 11.8 Å². The van der Waals surface area contributed by atoms with Crippen LogP contribution < -0.4 is 5.32 Å². The molecular formula is C23H30N2O2S. The molecule has 5 heteroatoms. The van der Waals surface area contributed by atoms with Gasteiger partial charge in [0.05, 0.1) is 11.9 Å². The summed E-state index contributed by atoms with van der Waals surface area (Å²) in [5.74, 6) is 1.00. The number of aryl methyl sites for hydroxylation is 1. The highest BCUT2D eigenvalue weighted by molar-refractivity contribution is 7.99. The van der Waals surface area contributed by atoms with Crippen molar-refractivity contribution in [3.63, 3.8) is 0 Å². The summed E-state index contributed by atoms with van der Waals surface area (Å²) in [5.41, 5.74) is 3.63. The number of benzene rings is 2. The van der Waals surface area contributed by atoms with Crippen molar-refractivity contribution in [3.05, 3.63) is 71.3 Å². The van der Waals surface area contributed by atoms with Gasteiger partial charge >= 0.3 is 0 Å². The van der Waals surface area contributed by atoms with Gasteiger partial charge < -0.3 is 10.4 Å². The normalized spacial score (nSPS) is 16.6. The molecule has 1 aliphatic heterocycles. The molecule has 0 saturated carbocycles. The molecule has 150 valence electrons. The van der Waals surface area contributed by atoms with Crippen LogP contribution in [0.15, 0.2) is 54.6 Å². The fraction of sp³-hybridized carbons (Fsp3) is 0.435. The number of piperidine rings is 1. The van der Waals surface area contributed by atoms with Crippen LogP contribution in [0.25, 0.3) is 0 Å². The summed E-state index contributed by atoms with van der Waals surface area (Å²) in [6.07, 6.45) is 1.47. The first-order valence-electron chi connectivity index (χ1n) is 9.99. The zero-order valence-electron chi connectivity index (χ0n) is 16.5. The summed E-state index contributed by atoms with van der Waals surface area (Å²) in [7, 11) is 0. The molecule has 28 heavy (non-hydrogen) atoms. The first-order valence-corrected chi connectivity index (χ1v) is 11.1. The zero-order valence-corrected chi connectivity index (χ0v) is 17.3. The van der Waals surface area contributed by atoms with Gasteiger partial charge in [-0.2, -0.15) is 0 Å². The Morgan fingerprint density at radius 2 is 1.82 bits per heavy atom. The summed E-state index contributed by atoms with van der Waals surface area (Å²) in [4.78, 5) is 14.7. The Morgan fingerprint density at radius 3 is 2.54 bits per heavy atom. The minimum absolute atomic E-state index is 0.0719. The van der Waals surface area contributed by atoms with Gasteiger partial charge in [0, 0.05) is 31.4 Å². The van der Waals surface area contributed by atoms with Crippen LogP contribution in [0.4, 0.5) is 0 Å². The summed E-state index contributed by atoms with van der Waals surface area (Å²) in [5, 5.41) is 13.3. The van der Waals surface area contributed by atoms with Crippen molar-refractivity contribution in [1.29, 1.82) is 0 Å². The second kappa shape index (κ2) is 10.6. The van der Waals surface area contributed by atoms with Crippen molar-refractivity contribution < 1.29 is 9.90 Å². The molecule has 0 aromatic heterocycles. The van der Waals surface area contributed by atoms with E-state index in [1.807, 2.05) is 30.3 Å². The molecule has 0 spiro atoms. The number of thioether (sulfide) groups is 1. The Labute approximate surface area is 172 Å². The second-order valence-electron chi connectivity index (χ2n) is 7.49. The molecular weight excluding hydrogens is 368 g/mol. The molecule has 1 atom stereocenters. The van der Waals surface area contributed by atoms with E-state index in [4.69, 9.17) is 0 Å². The molecule has 4 nitrogen and oxygen atoms in total. The van der Waals surface area contributed by atoms with Crippen molar-refractivity contribution in [1.82, 2.24) is 10.2 Å². The Bertz CT molecular complexity index is 745. The Morgan fingerprint density at radius 1 is 1.14 bits per heavy atom. The van der Waals surface area contributed by atoms with E-state index in [2.05, 4.69) is 41.4 Å². The average Bonchev–Trinajstić information content (AvgIpc) is 2.72. The minimum Gasteiger partial charge on any atom is -0.388 e. The van der Waals surface area contributed by atoms with E-state index in [9.17, 15) is 9.90 Å². The summed E-state index contributed by atoms with van der Waals surface area (Å²) >= 11 is 1.48. The SMILES string of the molecule is Cc1ccccc1CN1CCC(NC(=O)CSCC(O)c2ccccc2)CC1. The topological polar surface area (TPSA) is 52.6 Å². The van der Waals surface area contributed by atoms with Gasteiger partial charge in [-0.3, -0.25) is 9.69 Å². The fourth-order valence-corrected chi connectivity index (χ4v) is 4.37. The number of carbonyl (C=O) groups is 1. The number of aliphatic hydroxyl groups excluding tert-OH is 1. The van der Waals surface area contributed by atoms with Crippen molar-refractivity contribution >= 4 is 17.7 Å². The van der Waals surface area contributed by atoms with E-state index in [-0.39, 0.29) is 11.9 Å². The molecule has 2 aromatic carbocycles. The Hall–Kier alpha value is -1.82. The van der Waals surface area contributed by atoms with E-state index in [1.54, 1.807) is 0 Å². The zero-order chi connectivity index (χ0) is 19.8. The van der Waals surface area contributed by atoms with Crippen LogP contribution in [0, 0.1) is 6.92 Å². The maximum atomic E-state index is 12.2. The summed E-state index contributed by atoms with van der Waals surface area (Å²) in [6, 6.07) is 18.4. The third-order valence-corrected chi connectivity index (χ3v) is 6.32. The molecule has 1 aliphatic rings. The van der Waals surface area contributed by atoms with Gasteiger partial charge in [0.2, 0.25) is 5.91 Å². The maximum Gasteiger partial charge on any atom is 0.230 e. The first kappa shape index (κ1) is 20.9. The molecule has 1 amide bonds. The van der Waals surface area contributed by atoms with E-state index in [0.717, 1.165) is 38.0 Å². The monoisotopic (exact) mass is 398 g/mol. The van der Waals surface area contributed by atoms with Crippen LogP contribution in [0.1, 0.15) is 35.6 Å². The number of nitrogens with one attached hydrogen (secondary N) is 1. The van der Waals surface area contributed by atoms with Crippen LogP contribution in [0.2, 0.25) is 0 Å². The van der Waals surface area contributed by atoms with Crippen LogP contribution in [0.3, 0.4) is 0 Å². The van der Waals surface area contributed by atoms with Gasteiger partial charge in [0.15, 0.2) is 0 Å². The molecule has 0 radical (unpaired) electrons. The van der Waals surface area contributed by atoms with Crippen LogP contribution in [-0.4, -0.2) is 46.6 Å². The summed E-state index contributed by atoms with van der Waals surface area (Å²) < 4.78 is 0. The number of likely N-dealkylation sites (tertiary alicyclic amines) is 1. The third kappa shape index (κ3) is 6.36. The van der Waals surface area contributed by atoms with Gasteiger partial charge in [-0.25, -0.2) is 0 Å². The number of amides is 1. The van der Waals surface area contributed by atoms with E-state index < -0.39 is 6.10 Å². The predicted molar refractivity (Wildman–Crippen MR) is 116 cm³/mol. The molecule has 2 N–H and O–H groups in total. The lowest BCUT2D eigenvalue weighted by atomic mass is 10.0. The maximum absolute atomic E-state index is 12.2. The van der Waals surface area contributed by atoms with Crippen molar-refractivity contribution in [2.75, 3.05) is 24.6 Å². The molecule has 1 saturated heterocycles. The highest BCUT2D eigenvalue weighted by atomic mass is 32.2. The molecule has 1 unspecified atom stereocenters. The fourth-order valence-electron chi connectivity index (χ4n) is 3.57. The average molecular weight is 399 g/mol. The predicted octanol–water partition coefficient (Wildman–Crippen LogP) is 3.54. The van der Waals surface area contributed by atoms with Gasteiger partial charge in [-0.1, -0.05) is 54.6 Å². The second-order valence-corrected chi connectivity index (χ2v) is 8.52. The molecule has 0 bridgehead atoms. The number of nitrogens with zero attached hydrogens (tertiary/aromatic N) is 1. The van der Waals surface area contributed by atoms with Crippen molar-refractivity contribution in [2.45, 2.75) is 38.5 Å². The Balaban J connectivity index is 1.33. The van der Waals surface area contributed by atoms with Crippen LogP contribution in [-0.2, 0) is 11.3 Å². The Kier molecular flexibility index (Phi) is 7.95. The van der Waals surface area contributed by atoms with Crippen molar-refractivity contribution in [3.8, 4) is 0 Å². The van der Waals surface area contributed by atoms with E-state index >= 15 is 0 Å². The molecule has 1 heterocycles. The quantitative estimate of drug-likeness (QED) is 0.714. The van der Waals surface area contributed by atoms with Gasteiger partial charge in [0.25, 0.3) is 0 Å². The van der Waals surface area contributed by atoms with Crippen molar-refractivity contribution in [2.24, 2.45) is 0 Å². The number of hydrogen-bond donors (Lipinski definition) is 2. The number of rotatable bonds is 8. The number of aliphatic hydroxyl groups is 1. The van der Waals surface area contributed by atoms with E-state index in [1.165, 1.54) is 22.9 Å². The highest BCUT2D eigenvalue weighted by Gasteiger charge is 2.21. The molecule has 1 fully saturated rings. The first-order chi connectivity index (χ1) is 13.6. The van der Waals surface area contributed by atoms with Crippen LogP contribution >= 0.6 is 11.8 Å². The van der Waals surface area contributed by atoms with E-state index in [0.29, 0.717) is 11.5 Å². The summed E-state index contributed by atoms with van der Waals surface area (Å²) in [6.45, 7) is 5.17. The smallest absolute Gasteiger partial charge is 0.230 e. The van der Waals surface area contributed by atoms with Gasteiger partial charge in [-0.05, 0) is 36.5 Å². The molecule has 3 rings (SSSR count). The number of hydrogen-bond acceptors (Lipinski definition) is 4. The molecule has 2 aromatic rings. The van der Waals surface area contributed by atoms with Gasteiger partial charge in [0.1, 0.15) is 0 Å². The third-order valence-electron chi connectivity index (χ3n) is 5.30. The lowest BCUT2D eigenvalue weighted by Crippen LogP contribution is -2.45. The number of carbonyl (C=O) groups excluding carboxylic acids is 1. The lowest BCUT2D eigenvalue weighted by molar-refractivity contribution is -0.119. The minimum atomic E-state index is -0.524.